The minimum atomic E-state index is -0.261. The third kappa shape index (κ3) is 2.76. The summed E-state index contributed by atoms with van der Waals surface area (Å²) < 4.78 is 13.5. The highest BCUT2D eigenvalue weighted by atomic mass is 32.2. The lowest BCUT2D eigenvalue weighted by Gasteiger charge is -2.29. The number of hydrogen-bond acceptors (Lipinski definition) is 3. The maximum atomic E-state index is 13.5. The molecule has 0 saturated carbocycles. The van der Waals surface area contributed by atoms with Crippen LogP contribution in [0, 0.1) is 11.3 Å². The normalized spacial score (nSPS) is 34.6. The molecule has 2 aliphatic heterocycles. The quantitative estimate of drug-likeness (QED) is 0.838. The van der Waals surface area contributed by atoms with Gasteiger partial charge < -0.3 is 5.32 Å². The van der Waals surface area contributed by atoms with Gasteiger partial charge in [0.1, 0.15) is 5.83 Å². The molecular formula is C17H22FNOS. The largest absolute Gasteiger partial charge is 0.316 e. The Kier molecular flexibility index (Phi) is 4.36. The van der Waals surface area contributed by atoms with Gasteiger partial charge in [0.2, 0.25) is 0 Å². The first kappa shape index (κ1) is 15.0. The number of allylic oxidation sites excluding steroid dienone is 4. The number of fused-ring (bicyclic) bond motifs is 1. The Morgan fingerprint density at radius 2 is 2.43 bits per heavy atom. The van der Waals surface area contributed by atoms with Gasteiger partial charge in [0.15, 0.2) is 5.78 Å². The van der Waals surface area contributed by atoms with Gasteiger partial charge in [-0.3, -0.25) is 4.79 Å². The second kappa shape index (κ2) is 6.09. The zero-order chi connectivity index (χ0) is 14.9. The van der Waals surface area contributed by atoms with Crippen molar-refractivity contribution < 1.29 is 9.18 Å². The van der Waals surface area contributed by atoms with Crippen molar-refractivity contribution >= 4 is 17.5 Å². The van der Waals surface area contributed by atoms with Crippen molar-refractivity contribution in [1.82, 2.24) is 5.32 Å². The number of nitrogens with one attached hydrogen (secondary N) is 1. The van der Waals surface area contributed by atoms with Gasteiger partial charge in [-0.15, -0.1) is 11.8 Å². The molecule has 2 nitrogen and oxygen atoms in total. The van der Waals surface area contributed by atoms with Gasteiger partial charge in [0.05, 0.1) is 0 Å². The number of Topliss-reactive ketones (excluding diaryl/α,β-unsaturated/α-hetero) is 1. The number of rotatable bonds is 5. The lowest BCUT2D eigenvalue weighted by molar-refractivity contribution is -0.124. The van der Waals surface area contributed by atoms with Crippen LogP contribution in [0.1, 0.15) is 32.6 Å². The first-order valence-electron chi connectivity index (χ1n) is 7.83. The van der Waals surface area contributed by atoms with Crippen LogP contribution in [0.25, 0.3) is 0 Å². The van der Waals surface area contributed by atoms with Gasteiger partial charge in [-0.2, -0.15) is 0 Å². The van der Waals surface area contributed by atoms with Crippen LogP contribution < -0.4 is 5.32 Å². The second-order valence-corrected chi connectivity index (χ2v) is 7.30. The average Bonchev–Trinajstić information content (AvgIpc) is 3.11. The molecule has 2 heterocycles. The van der Waals surface area contributed by atoms with Crippen molar-refractivity contribution in [2.45, 2.75) is 37.9 Å². The van der Waals surface area contributed by atoms with Crippen LogP contribution in [0.2, 0.25) is 0 Å². The van der Waals surface area contributed by atoms with E-state index in [0.717, 1.165) is 44.3 Å². The average molecular weight is 307 g/mol. The molecule has 3 atom stereocenters. The van der Waals surface area contributed by atoms with E-state index in [4.69, 9.17) is 0 Å². The van der Waals surface area contributed by atoms with Crippen molar-refractivity contribution in [2.24, 2.45) is 11.3 Å². The molecule has 4 heteroatoms. The molecule has 3 unspecified atom stereocenters. The third-order valence-corrected chi connectivity index (χ3v) is 6.00. The molecule has 0 radical (unpaired) electrons. The Labute approximate surface area is 129 Å². The highest BCUT2D eigenvalue weighted by molar-refractivity contribution is 8.03. The van der Waals surface area contributed by atoms with Gasteiger partial charge in [-0.05, 0) is 36.9 Å². The molecule has 0 spiro atoms. The molecule has 0 aromatic heterocycles. The third-order valence-electron chi connectivity index (χ3n) is 4.85. The summed E-state index contributed by atoms with van der Waals surface area (Å²) in [6, 6.07) is 0. The highest BCUT2D eigenvalue weighted by Crippen LogP contribution is 2.45. The summed E-state index contributed by atoms with van der Waals surface area (Å²) in [5.41, 5.74) is 0.562. The molecule has 114 valence electrons. The Hall–Kier alpha value is -0.870. The highest BCUT2D eigenvalue weighted by Gasteiger charge is 2.45. The number of halogens is 1. The molecule has 0 amide bonds. The van der Waals surface area contributed by atoms with Crippen LogP contribution in [-0.2, 0) is 4.79 Å². The van der Waals surface area contributed by atoms with E-state index in [1.807, 2.05) is 11.5 Å². The van der Waals surface area contributed by atoms with Crippen LogP contribution in [0.5, 0.6) is 0 Å². The predicted octanol–water partition coefficient (Wildman–Crippen LogP) is 3.76. The minimum Gasteiger partial charge on any atom is -0.316 e. The summed E-state index contributed by atoms with van der Waals surface area (Å²) >= 11 is 1.64. The molecular weight excluding hydrogens is 285 g/mol. The fourth-order valence-corrected chi connectivity index (χ4v) is 4.68. The molecule has 1 aliphatic carbocycles. The molecule has 3 aliphatic rings. The van der Waals surface area contributed by atoms with Crippen LogP contribution in [0.15, 0.2) is 35.0 Å². The SMILES string of the molecule is CCCCC1(C(=O)C2=CSC3C=CC(F)=CC23)CCNC1. The number of unbranched alkanes of at least 4 members (excludes halogenated alkanes) is 1. The van der Waals surface area contributed by atoms with Gasteiger partial charge in [0, 0.05) is 28.7 Å². The number of hydrogen-bond donors (Lipinski definition) is 1. The van der Waals surface area contributed by atoms with E-state index in [1.165, 1.54) is 6.08 Å². The zero-order valence-electron chi connectivity index (χ0n) is 12.4. The summed E-state index contributed by atoms with van der Waals surface area (Å²) in [5, 5.41) is 5.52. The standard InChI is InChI=1S/C17H22FNOS/c1-2-3-6-17(7-8-19-11-17)16(20)14-10-21-15-5-4-12(18)9-13(14)15/h4-5,9-10,13,15,19H,2-3,6-8,11H2,1H3. The van der Waals surface area contributed by atoms with Gasteiger partial charge in [-0.25, -0.2) is 4.39 Å². The van der Waals surface area contributed by atoms with Crippen LogP contribution >= 0.6 is 11.8 Å². The van der Waals surface area contributed by atoms with E-state index in [0.29, 0.717) is 0 Å². The van der Waals surface area contributed by atoms with Crippen LogP contribution in [0.4, 0.5) is 4.39 Å². The number of carbonyl (C=O) groups excluding carboxylic acids is 1. The number of thioether (sulfide) groups is 1. The molecule has 21 heavy (non-hydrogen) atoms. The fourth-order valence-electron chi connectivity index (χ4n) is 3.55. The van der Waals surface area contributed by atoms with E-state index in [9.17, 15) is 9.18 Å². The Morgan fingerprint density at radius 3 is 3.14 bits per heavy atom. The Balaban J connectivity index is 1.82. The van der Waals surface area contributed by atoms with Crippen molar-refractivity contribution in [3.05, 3.63) is 35.0 Å². The monoisotopic (exact) mass is 307 g/mol. The number of carbonyl (C=O) groups is 1. The zero-order valence-corrected chi connectivity index (χ0v) is 13.2. The lowest BCUT2D eigenvalue weighted by atomic mass is 9.72. The summed E-state index contributed by atoms with van der Waals surface area (Å²) in [6.45, 7) is 3.84. The minimum absolute atomic E-state index is 0.0772. The maximum absolute atomic E-state index is 13.5. The van der Waals surface area contributed by atoms with Crippen molar-refractivity contribution in [2.75, 3.05) is 13.1 Å². The summed E-state index contributed by atoms with van der Waals surface area (Å²) in [4.78, 5) is 13.1. The smallest absolute Gasteiger partial charge is 0.167 e. The molecule has 1 N–H and O–H groups in total. The van der Waals surface area contributed by atoms with Crippen molar-refractivity contribution in [1.29, 1.82) is 0 Å². The Morgan fingerprint density at radius 1 is 1.57 bits per heavy atom. The Bertz CT molecular complexity index is 517. The van der Waals surface area contributed by atoms with Gasteiger partial charge in [-0.1, -0.05) is 25.8 Å². The predicted molar refractivity (Wildman–Crippen MR) is 85.7 cm³/mol. The molecule has 0 bridgehead atoms. The fraction of sp³-hybridized carbons (Fsp3) is 0.588. The van der Waals surface area contributed by atoms with Crippen molar-refractivity contribution in [3.8, 4) is 0 Å². The first-order valence-corrected chi connectivity index (χ1v) is 8.77. The topological polar surface area (TPSA) is 29.1 Å². The lowest BCUT2D eigenvalue weighted by Crippen LogP contribution is -2.36. The summed E-state index contributed by atoms with van der Waals surface area (Å²) in [5.74, 6) is -0.0449. The first-order chi connectivity index (χ1) is 10.2. The second-order valence-electron chi connectivity index (χ2n) is 6.25. The molecule has 1 saturated heterocycles. The molecule has 1 fully saturated rings. The van der Waals surface area contributed by atoms with Gasteiger partial charge >= 0.3 is 0 Å². The van der Waals surface area contributed by atoms with E-state index >= 15 is 0 Å². The molecule has 0 aromatic rings. The molecule has 3 rings (SSSR count). The van der Waals surface area contributed by atoms with Gasteiger partial charge in [0.25, 0.3) is 0 Å². The van der Waals surface area contributed by atoms with E-state index in [-0.39, 0.29) is 28.2 Å². The van der Waals surface area contributed by atoms with E-state index in [2.05, 4.69) is 12.2 Å². The number of ketones is 1. The molecule has 0 aromatic carbocycles. The van der Waals surface area contributed by atoms with E-state index < -0.39 is 0 Å². The maximum Gasteiger partial charge on any atom is 0.167 e. The van der Waals surface area contributed by atoms with Crippen LogP contribution in [-0.4, -0.2) is 24.1 Å². The van der Waals surface area contributed by atoms with Crippen molar-refractivity contribution in [3.63, 3.8) is 0 Å². The summed E-state index contributed by atoms with van der Waals surface area (Å²) in [6.07, 6.45) is 9.04. The van der Waals surface area contributed by atoms with E-state index in [1.54, 1.807) is 17.8 Å². The summed E-state index contributed by atoms with van der Waals surface area (Å²) in [7, 11) is 0. The van der Waals surface area contributed by atoms with Crippen LogP contribution in [0.3, 0.4) is 0 Å².